The Morgan fingerprint density at radius 3 is 2.79 bits per heavy atom. The van der Waals surface area contributed by atoms with Gasteiger partial charge in [-0.05, 0) is 19.2 Å². The van der Waals surface area contributed by atoms with Crippen LogP contribution in [0, 0.1) is 6.92 Å². The van der Waals surface area contributed by atoms with E-state index in [2.05, 4.69) is 9.97 Å². The Bertz CT molecular complexity index is 339. The molecular formula is C10H14N2OS. The summed E-state index contributed by atoms with van der Waals surface area (Å²) in [4.78, 5) is 19.7. The fourth-order valence-electron chi connectivity index (χ4n) is 1.11. The Balaban J connectivity index is 2.86. The third-order valence-corrected chi connectivity index (χ3v) is 2.39. The number of thioether (sulfide) groups is 1. The van der Waals surface area contributed by atoms with E-state index in [4.69, 9.17) is 0 Å². The number of carbonyl (C=O) groups is 1. The zero-order chi connectivity index (χ0) is 10.6. The van der Waals surface area contributed by atoms with Crippen molar-refractivity contribution in [3.63, 3.8) is 0 Å². The van der Waals surface area contributed by atoms with E-state index in [0.29, 0.717) is 12.8 Å². The van der Waals surface area contributed by atoms with Crippen LogP contribution in [0.5, 0.6) is 0 Å². The van der Waals surface area contributed by atoms with Gasteiger partial charge < -0.3 is 0 Å². The average molecular weight is 210 g/mol. The highest BCUT2D eigenvalue weighted by atomic mass is 32.2. The van der Waals surface area contributed by atoms with E-state index < -0.39 is 0 Å². The Kier molecular flexibility index (Phi) is 4.07. The number of Topliss-reactive ketones (excluding diaryl/α,β-unsaturated/α-hetero) is 1. The fourth-order valence-corrected chi connectivity index (χ4v) is 1.56. The monoisotopic (exact) mass is 210 g/mol. The molecule has 0 amide bonds. The summed E-state index contributed by atoms with van der Waals surface area (Å²) in [5.74, 6) is 0.218. The SMILES string of the molecule is CCC(=O)Cc1cc(C)nc(SC)n1. The standard InChI is InChI=1S/C10H14N2OS/c1-4-9(13)6-8-5-7(2)11-10(12-8)14-3/h5H,4,6H2,1-3H3. The van der Waals surface area contributed by atoms with Gasteiger partial charge in [0, 0.05) is 18.5 Å². The van der Waals surface area contributed by atoms with E-state index in [9.17, 15) is 4.79 Å². The number of hydrogen-bond acceptors (Lipinski definition) is 4. The molecule has 0 aromatic carbocycles. The van der Waals surface area contributed by atoms with Crippen LogP contribution in [0.4, 0.5) is 0 Å². The van der Waals surface area contributed by atoms with Crippen LogP contribution in [-0.4, -0.2) is 22.0 Å². The Labute approximate surface area is 88.3 Å². The van der Waals surface area contributed by atoms with Crippen molar-refractivity contribution < 1.29 is 4.79 Å². The number of rotatable bonds is 4. The number of carbonyl (C=O) groups excluding carboxylic acids is 1. The topological polar surface area (TPSA) is 42.9 Å². The third-order valence-electron chi connectivity index (χ3n) is 1.84. The first-order chi connectivity index (χ1) is 6.65. The van der Waals surface area contributed by atoms with Gasteiger partial charge in [0.15, 0.2) is 5.16 Å². The van der Waals surface area contributed by atoms with E-state index in [1.807, 2.05) is 26.2 Å². The van der Waals surface area contributed by atoms with Gasteiger partial charge in [0.1, 0.15) is 5.78 Å². The molecule has 0 N–H and O–H groups in total. The molecule has 76 valence electrons. The summed E-state index contributed by atoms with van der Waals surface area (Å²) >= 11 is 1.50. The number of aromatic nitrogens is 2. The molecule has 0 saturated carbocycles. The highest BCUT2D eigenvalue weighted by molar-refractivity contribution is 7.98. The van der Waals surface area contributed by atoms with E-state index in [-0.39, 0.29) is 5.78 Å². The van der Waals surface area contributed by atoms with Crippen molar-refractivity contribution in [1.82, 2.24) is 9.97 Å². The summed E-state index contributed by atoms with van der Waals surface area (Å²) in [6, 6.07) is 1.87. The molecule has 3 nitrogen and oxygen atoms in total. The summed E-state index contributed by atoms with van der Waals surface area (Å²) in [6.07, 6.45) is 2.92. The van der Waals surface area contributed by atoms with Gasteiger partial charge >= 0.3 is 0 Å². The maximum Gasteiger partial charge on any atom is 0.187 e. The molecular weight excluding hydrogens is 196 g/mol. The van der Waals surface area contributed by atoms with Crippen molar-refractivity contribution in [3.05, 3.63) is 17.5 Å². The molecule has 0 atom stereocenters. The minimum atomic E-state index is 0.218. The van der Waals surface area contributed by atoms with Gasteiger partial charge in [-0.25, -0.2) is 9.97 Å². The van der Waals surface area contributed by atoms with Crippen LogP contribution in [-0.2, 0) is 11.2 Å². The highest BCUT2D eigenvalue weighted by Gasteiger charge is 2.05. The quantitative estimate of drug-likeness (QED) is 0.563. The van der Waals surface area contributed by atoms with Gasteiger partial charge in [0.05, 0.1) is 5.69 Å². The maximum absolute atomic E-state index is 11.2. The normalized spacial score (nSPS) is 10.2. The number of nitrogens with zero attached hydrogens (tertiary/aromatic N) is 2. The van der Waals surface area contributed by atoms with Gasteiger partial charge in [-0.15, -0.1) is 0 Å². The zero-order valence-electron chi connectivity index (χ0n) is 8.70. The van der Waals surface area contributed by atoms with Gasteiger partial charge in [-0.1, -0.05) is 18.7 Å². The second-order valence-electron chi connectivity index (χ2n) is 3.06. The second-order valence-corrected chi connectivity index (χ2v) is 3.83. The molecule has 1 aromatic heterocycles. The van der Waals surface area contributed by atoms with Gasteiger partial charge in [-0.2, -0.15) is 0 Å². The lowest BCUT2D eigenvalue weighted by Gasteiger charge is -2.02. The van der Waals surface area contributed by atoms with Crippen molar-refractivity contribution in [3.8, 4) is 0 Å². The molecule has 0 aliphatic heterocycles. The molecule has 14 heavy (non-hydrogen) atoms. The van der Waals surface area contributed by atoms with Crippen molar-refractivity contribution in [2.45, 2.75) is 31.8 Å². The first kappa shape index (κ1) is 11.2. The third kappa shape index (κ3) is 3.10. The van der Waals surface area contributed by atoms with E-state index >= 15 is 0 Å². The predicted molar refractivity (Wildman–Crippen MR) is 57.6 cm³/mol. The highest BCUT2D eigenvalue weighted by Crippen LogP contribution is 2.11. The summed E-state index contributed by atoms with van der Waals surface area (Å²) in [7, 11) is 0. The van der Waals surface area contributed by atoms with E-state index in [1.165, 1.54) is 11.8 Å². The molecule has 0 fully saturated rings. The zero-order valence-corrected chi connectivity index (χ0v) is 9.52. The second kappa shape index (κ2) is 5.10. The van der Waals surface area contributed by atoms with Crippen LogP contribution in [0.1, 0.15) is 24.7 Å². The molecule has 0 aliphatic carbocycles. The molecule has 4 heteroatoms. The molecule has 0 bridgehead atoms. The molecule has 1 rings (SSSR count). The van der Waals surface area contributed by atoms with Crippen molar-refractivity contribution >= 4 is 17.5 Å². The Morgan fingerprint density at radius 2 is 2.21 bits per heavy atom. The first-order valence-corrected chi connectivity index (χ1v) is 5.78. The summed E-state index contributed by atoms with van der Waals surface area (Å²) in [5, 5.41) is 0.740. The molecule has 1 aromatic rings. The van der Waals surface area contributed by atoms with E-state index in [0.717, 1.165) is 16.5 Å². The van der Waals surface area contributed by atoms with E-state index in [1.54, 1.807) is 0 Å². The summed E-state index contributed by atoms with van der Waals surface area (Å²) in [6.45, 7) is 3.78. The average Bonchev–Trinajstić information content (AvgIpc) is 2.16. The summed E-state index contributed by atoms with van der Waals surface area (Å²) < 4.78 is 0. The number of hydrogen-bond donors (Lipinski definition) is 0. The van der Waals surface area contributed by atoms with Gasteiger partial charge in [0.25, 0.3) is 0 Å². The smallest absolute Gasteiger partial charge is 0.187 e. The first-order valence-electron chi connectivity index (χ1n) is 4.56. The van der Waals surface area contributed by atoms with Crippen molar-refractivity contribution in [2.24, 2.45) is 0 Å². The van der Waals surface area contributed by atoms with Gasteiger partial charge in [0.2, 0.25) is 0 Å². The molecule has 0 unspecified atom stereocenters. The molecule has 0 radical (unpaired) electrons. The molecule has 0 aliphatic rings. The van der Waals surface area contributed by atoms with Crippen LogP contribution in [0.25, 0.3) is 0 Å². The lowest BCUT2D eigenvalue weighted by molar-refractivity contribution is -0.118. The molecule has 1 heterocycles. The van der Waals surface area contributed by atoms with Gasteiger partial charge in [-0.3, -0.25) is 4.79 Å². The molecule has 0 spiro atoms. The largest absolute Gasteiger partial charge is 0.299 e. The van der Waals surface area contributed by atoms with Crippen LogP contribution in [0.2, 0.25) is 0 Å². The van der Waals surface area contributed by atoms with Crippen LogP contribution >= 0.6 is 11.8 Å². The Morgan fingerprint density at radius 1 is 1.50 bits per heavy atom. The minimum Gasteiger partial charge on any atom is -0.299 e. The van der Waals surface area contributed by atoms with Crippen LogP contribution < -0.4 is 0 Å². The summed E-state index contributed by atoms with van der Waals surface area (Å²) in [5.41, 5.74) is 1.75. The lowest BCUT2D eigenvalue weighted by Crippen LogP contribution is -2.04. The van der Waals surface area contributed by atoms with Crippen LogP contribution in [0.15, 0.2) is 11.2 Å². The number of aryl methyl sites for hydroxylation is 1. The van der Waals surface area contributed by atoms with Crippen molar-refractivity contribution in [2.75, 3.05) is 6.26 Å². The maximum atomic E-state index is 11.2. The minimum absolute atomic E-state index is 0.218. The Hall–Kier alpha value is -0.900. The molecule has 0 saturated heterocycles. The van der Waals surface area contributed by atoms with Crippen LogP contribution in [0.3, 0.4) is 0 Å². The number of ketones is 1. The fraction of sp³-hybridized carbons (Fsp3) is 0.500. The lowest BCUT2D eigenvalue weighted by atomic mass is 10.1. The van der Waals surface area contributed by atoms with Crippen molar-refractivity contribution in [1.29, 1.82) is 0 Å². The predicted octanol–water partition coefficient (Wildman–Crippen LogP) is 2.03.